The molecule has 0 radical (unpaired) electrons. The Hall–Kier alpha value is -2.22. The van der Waals surface area contributed by atoms with E-state index in [2.05, 4.69) is 17.9 Å². The van der Waals surface area contributed by atoms with Gasteiger partial charge >= 0.3 is 12.0 Å². The van der Waals surface area contributed by atoms with E-state index in [-0.39, 0.29) is 23.8 Å². The van der Waals surface area contributed by atoms with Gasteiger partial charge in [-0.2, -0.15) is 0 Å². The summed E-state index contributed by atoms with van der Waals surface area (Å²) in [4.78, 5) is 41.8. The first kappa shape index (κ1) is 20.5. The van der Waals surface area contributed by atoms with Gasteiger partial charge in [0.25, 0.3) is 0 Å². The minimum atomic E-state index is -0.441. The molecule has 1 unspecified atom stereocenters. The standard InChI is InChI=1S/C20H27N3O4S/c1-2-27-19(25)14-9-12-22(13-10-14)18(24)17-4-3-11-23(17)20(26)21-15-5-7-16(28)8-6-15/h5-8,14,17,28H,2-4,9-13H2,1H3,(H,21,26). The number of nitrogens with zero attached hydrogens (tertiary/aromatic N) is 2. The van der Waals surface area contributed by atoms with E-state index in [0.29, 0.717) is 51.2 Å². The number of nitrogens with one attached hydrogen (secondary N) is 1. The van der Waals surface area contributed by atoms with Crippen LogP contribution in [-0.4, -0.2) is 60.0 Å². The second-order valence-electron chi connectivity index (χ2n) is 7.18. The van der Waals surface area contributed by atoms with Crippen LogP contribution in [0.15, 0.2) is 29.2 Å². The summed E-state index contributed by atoms with van der Waals surface area (Å²) in [6.45, 7) is 3.78. The summed E-state index contributed by atoms with van der Waals surface area (Å²) in [5.41, 5.74) is 0.677. The molecule has 2 saturated heterocycles. The molecule has 7 nitrogen and oxygen atoms in total. The van der Waals surface area contributed by atoms with Crippen molar-refractivity contribution in [2.45, 2.75) is 43.5 Å². The van der Waals surface area contributed by atoms with E-state index in [1.54, 1.807) is 41.0 Å². The van der Waals surface area contributed by atoms with Crippen molar-refractivity contribution in [3.63, 3.8) is 0 Å². The number of likely N-dealkylation sites (tertiary alicyclic amines) is 2. The lowest BCUT2D eigenvalue weighted by Crippen LogP contribution is -2.51. The highest BCUT2D eigenvalue weighted by atomic mass is 32.1. The van der Waals surface area contributed by atoms with Crippen molar-refractivity contribution in [2.75, 3.05) is 31.6 Å². The molecule has 152 valence electrons. The molecule has 0 aliphatic carbocycles. The maximum Gasteiger partial charge on any atom is 0.322 e. The molecule has 1 atom stereocenters. The molecular weight excluding hydrogens is 378 g/mol. The van der Waals surface area contributed by atoms with E-state index in [9.17, 15) is 14.4 Å². The Balaban J connectivity index is 1.56. The molecule has 2 aliphatic rings. The van der Waals surface area contributed by atoms with Crippen molar-refractivity contribution >= 4 is 36.2 Å². The van der Waals surface area contributed by atoms with Crippen LogP contribution in [0.25, 0.3) is 0 Å². The Kier molecular flexibility index (Phi) is 6.83. The minimum Gasteiger partial charge on any atom is -0.466 e. The predicted octanol–water partition coefficient (Wildman–Crippen LogP) is 2.77. The molecule has 3 rings (SSSR count). The second kappa shape index (κ2) is 9.32. The molecule has 28 heavy (non-hydrogen) atoms. The van der Waals surface area contributed by atoms with E-state index in [1.165, 1.54) is 0 Å². The van der Waals surface area contributed by atoms with E-state index in [0.717, 1.165) is 11.3 Å². The summed E-state index contributed by atoms with van der Waals surface area (Å²) in [5.74, 6) is -0.342. The topological polar surface area (TPSA) is 79.0 Å². The van der Waals surface area contributed by atoms with Crippen molar-refractivity contribution in [3.8, 4) is 0 Å². The third kappa shape index (κ3) is 4.79. The Morgan fingerprint density at radius 1 is 1.11 bits per heavy atom. The molecule has 1 aromatic rings. The number of hydrogen-bond donors (Lipinski definition) is 2. The first-order valence-corrected chi connectivity index (χ1v) is 10.3. The Morgan fingerprint density at radius 2 is 1.79 bits per heavy atom. The molecule has 2 fully saturated rings. The first-order valence-electron chi connectivity index (χ1n) is 9.81. The summed E-state index contributed by atoms with van der Waals surface area (Å²) in [7, 11) is 0. The van der Waals surface area contributed by atoms with Gasteiger partial charge in [0.05, 0.1) is 12.5 Å². The minimum absolute atomic E-state index is 0.0272. The number of esters is 1. The molecular formula is C20H27N3O4S. The highest BCUT2D eigenvalue weighted by molar-refractivity contribution is 7.80. The molecule has 0 spiro atoms. The number of rotatable bonds is 4. The Labute approximate surface area is 170 Å². The van der Waals surface area contributed by atoms with Crippen molar-refractivity contribution in [1.82, 2.24) is 9.80 Å². The van der Waals surface area contributed by atoms with E-state index in [4.69, 9.17) is 4.74 Å². The van der Waals surface area contributed by atoms with Gasteiger partial charge in [0, 0.05) is 30.2 Å². The average Bonchev–Trinajstić information content (AvgIpc) is 3.19. The van der Waals surface area contributed by atoms with Crippen LogP contribution in [-0.2, 0) is 14.3 Å². The maximum atomic E-state index is 13.0. The van der Waals surface area contributed by atoms with Crippen LogP contribution in [0.1, 0.15) is 32.6 Å². The van der Waals surface area contributed by atoms with Gasteiger partial charge in [0.2, 0.25) is 5.91 Å². The van der Waals surface area contributed by atoms with Crippen LogP contribution in [0, 0.1) is 5.92 Å². The Morgan fingerprint density at radius 3 is 2.43 bits per heavy atom. The van der Waals surface area contributed by atoms with Crippen molar-refractivity contribution in [1.29, 1.82) is 0 Å². The van der Waals surface area contributed by atoms with Gasteiger partial charge in [-0.05, 0) is 56.9 Å². The fourth-order valence-electron chi connectivity index (χ4n) is 3.81. The van der Waals surface area contributed by atoms with Crippen LogP contribution in [0.5, 0.6) is 0 Å². The summed E-state index contributed by atoms with van der Waals surface area (Å²) >= 11 is 4.24. The highest BCUT2D eigenvalue weighted by Gasteiger charge is 2.38. The fraction of sp³-hybridized carbons (Fsp3) is 0.550. The van der Waals surface area contributed by atoms with Crippen LogP contribution in [0.2, 0.25) is 0 Å². The zero-order chi connectivity index (χ0) is 20.1. The van der Waals surface area contributed by atoms with E-state index >= 15 is 0 Å². The number of hydrogen-bond acceptors (Lipinski definition) is 5. The van der Waals surface area contributed by atoms with Gasteiger partial charge in [0.15, 0.2) is 0 Å². The van der Waals surface area contributed by atoms with Crippen molar-refractivity contribution in [3.05, 3.63) is 24.3 Å². The Bertz CT molecular complexity index is 717. The third-order valence-corrected chi connectivity index (χ3v) is 5.64. The van der Waals surface area contributed by atoms with Crippen LogP contribution in [0.4, 0.5) is 10.5 Å². The number of anilines is 1. The lowest BCUT2D eigenvalue weighted by Gasteiger charge is -2.34. The SMILES string of the molecule is CCOC(=O)C1CCN(C(=O)C2CCCN2C(=O)Nc2ccc(S)cc2)CC1. The molecule has 2 aliphatic heterocycles. The monoisotopic (exact) mass is 405 g/mol. The van der Waals surface area contributed by atoms with Crippen LogP contribution < -0.4 is 5.32 Å². The van der Waals surface area contributed by atoms with Gasteiger partial charge < -0.3 is 19.9 Å². The average molecular weight is 406 g/mol. The molecule has 2 heterocycles. The summed E-state index contributed by atoms with van der Waals surface area (Å²) in [6, 6.07) is 6.48. The predicted molar refractivity (Wildman–Crippen MR) is 108 cm³/mol. The van der Waals surface area contributed by atoms with Crippen molar-refractivity contribution in [2.24, 2.45) is 5.92 Å². The number of piperidine rings is 1. The number of carbonyl (C=O) groups excluding carboxylic acids is 3. The lowest BCUT2D eigenvalue weighted by atomic mass is 9.96. The quantitative estimate of drug-likeness (QED) is 0.596. The zero-order valence-electron chi connectivity index (χ0n) is 16.1. The molecule has 8 heteroatoms. The van der Waals surface area contributed by atoms with Gasteiger partial charge in [-0.1, -0.05) is 0 Å². The molecule has 3 amide bonds. The molecule has 1 N–H and O–H groups in total. The summed E-state index contributed by atoms with van der Waals surface area (Å²) < 4.78 is 5.08. The van der Waals surface area contributed by atoms with Gasteiger partial charge in [-0.15, -0.1) is 12.6 Å². The van der Waals surface area contributed by atoms with Gasteiger partial charge in [0.1, 0.15) is 6.04 Å². The first-order chi connectivity index (χ1) is 13.5. The largest absolute Gasteiger partial charge is 0.466 e. The molecule has 1 aromatic carbocycles. The van der Waals surface area contributed by atoms with E-state index in [1.807, 2.05) is 0 Å². The molecule has 0 bridgehead atoms. The fourth-order valence-corrected chi connectivity index (χ4v) is 3.96. The molecule has 0 saturated carbocycles. The van der Waals surface area contributed by atoms with Crippen molar-refractivity contribution < 1.29 is 19.1 Å². The maximum absolute atomic E-state index is 13.0. The third-order valence-electron chi connectivity index (χ3n) is 5.34. The number of benzene rings is 1. The molecule has 0 aromatic heterocycles. The van der Waals surface area contributed by atoms with Gasteiger partial charge in [-0.3, -0.25) is 9.59 Å². The number of amides is 3. The van der Waals surface area contributed by atoms with Crippen LogP contribution >= 0.6 is 12.6 Å². The van der Waals surface area contributed by atoms with Gasteiger partial charge in [-0.25, -0.2) is 4.79 Å². The normalized spacial score (nSPS) is 20.1. The second-order valence-corrected chi connectivity index (χ2v) is 7.70. The van der Waals surface area contributed by atoms with Crippen LogP contribution in [0.3, 0.4) is 0 Å². The summed E-state index contributed by atoms with van der Waals surface area (Å²) in [5, 5.41) is 2.86. The lowest BCUT2D eigenvalue weighted by molar-refractivity contribution is -0.151. The van der Waals surface area contributed by atoms with E-state index < -0.39 is 6.04 Å². The summed E-state index contributed by atoms with van der Waals surface area (Å²) in [6.07, 6.45) is 2.69. The smallest absolute Gasteiger partial charge is 0.322 e. The number of carbonyl (C=O) groups is 3. The zero-order valence-corrected chi connectivity index (χ0v) is 17.0. The highest BCUT2D eigenvalue weighted by Crippen LogP contribution is 2.25. The number of urea groups is 1. The number of thiol groups is 1. The number of ether oxygens (including phenoxy) is 1.